The molecule has 0 aliphatic rings. The van der Waals surface area contributed by atoms with Crippen molar-refractivity contribution in [1.29, 1.82) is 0 Å². The van der Waals surface area contributed by atoms with Crippen LogP contribution >= 0.6 is 0 Å². The molecule has 0 saturated carbocycles. The monoisotopic (exact) mass is 260 g/mol. The second-order valence-electron chi connectivity index (χ2n) is 4.32. The summed E-state index contributed by atoms with van der Waals surface area (Å²) in [5, 5.41) is 13.5. The van der Waals surface area contributed by atoms with Gasteiger partial charge in [-0.3, -0.25) is 0 Å². The van der Waals surface area contributed by atoms with Crippen LogP contribution < -0.4 is 5.73 Å². The number of nitrogens with zero attached hydrogens (tertiary/aromatic N) is 3. The van der Waals surface area contributed by atoms with E-state index in [0.29, 0.717) is 5.82 Å². The summed E-state index contributed by atoms with van der Waals surface area (Å²) in [5.74, 6) is -0.710. The average Bonchev–Trinajstić information content (AvgIpc) is 2.64. The van der Waals surface area contributed by atoms with E-state index in [1.807, 2.05) is 20.8 Å². The van der Waals surface area contributed by atoms with Crippen LogP contribution in [0.1, 0.15) is 34.2 Å². The molecule has 0 aromatic carbocycles. The Morgan fingerprint density at radius 2 is 2.16 bits per heavy atom. The number of carboxylic acid groups (broad SMARTS) is 1. The second kappa shape index (κ2) is 4.72. The molecule has 0 amide bonds. The van der Waals surface area contributed by atoms with E-state index in [-0.39, 0.29) is 11.3 Å². The Bertz CT molecular complexity index is 646. The minimum atomic E-state index is -1.07. The number of aromatic nitrogens is 3. The van der Waals surface area contributed by atoms with Crippen LogP contribution in [0.25, 0.3) is 5.82 Å². The fourth-order valence-electron chi connectivity index (χ4n) is 2.21. The number of carboxylic acids is 1. The predicted molar refractivity (Wildman–Crippen MR) is 71.6 cm³/mol. The molecule has 0 radical (unpaired) electrons. The van der Waals surface area contributed by atoms with Gasteiger partial charge in [0.25, 0.3) is 0 Å². The van der Waals surface area contributed by atoms with Crippen molar-refractivity contribution >= 4 is 11.7 Å². The lowest BCUT2D eigenvalue weighted by atomic mass is 10.1. The lowest BCUT2D eigenvalue weighted by molar-refractivity contribution is 0.0698. The SMILES string of the molecule is CCc1c(C)nn(-c2nccc(C(=O)O)c2N)c1C. The summed E-state index contributed by atoms with van der Waals surface area (Å²) in [7, 11) is 0. The highest BCUT2D eigenvalue weighted by atomic mass is 16.4. The summed E-state index contributed by atoms with van der Waals surface area (Å²) in [6.45, 7) is 5.89. The third-order valence-electron chi connectivity index (χ3n) is 3.19. The number of aromatic carboxylic acids is 1. The highest BCUT2D eigenvalue weighted by Gasteiger charge is 2.18. The molecule has 19 heavy (non-hydrogen) atoms. The Balaban J connectivity index is 2.66. The van der Waals surface area contributed by atoms with Gasteiger partial charge in [-0.05, 0) is 31.9 Å². The largest absolute Gasteiger partial charge is 0.478 e. The van der Waals surface area contributed by atoms with Crippen molar-refractivity contribution in [2.45, 2.75) is 27.2 Å². The molecule has 0 atom stereocenters. The van der Waals surface area contributed by atoms with Crippen LogP contribution in [0, 0.1) is 13.8 Å². The highest BCUT2D eigenvalue weighted by molar-refractivity contribution is 5.95. The molecule has 0 aliphatic carbocycles. The molecule has 100 valence electrons. The zero-order valence-electron chi connectivity index (χ0n) is 11.1. The summed E-state index contributed by atoms with van der Waals surface area (Å²) >= 11 is 0. The smallest absolute Gasteiger partial charge is 0.337 e. The maximum absolute atomic E-state index is 11.1. The molecule has 2 heterocycles. The van der Waals surface area contributed by atoms with Crippen molar-refractivity contribution in [2.75, 3.05) is 5.73 Å². The van der Waals surface area contributed by atoms with Gasteiger partial charge in [0.1, 0.15) is 0 Å². The molecular weight excluding hydrogens is 244 g/mol. The fourth-order valence-corrected chi connectivity index (χ4v) is 2.21. The van der Waals surface area contributed by atoms with Gasteiger partial charge in [-0.1, -0.05) is 6.92 Å². The van der Waals surface area contributed by atoms with Crippen molar-refractivity contribution in [3.63, 3.8) is 0 Å². The molecule has 0 saturated heterocycles. The van der Waals surface area contributed by atoms with Gasteiger partial charge in [0.05, 0.1) is 16.9 Å². The van der Waals surface area contributed by atoms with E-state index in [2.05, 4.69) is 10.1 Å². The van der Waals surface area contributed by atoms with Crippen molar-refractivity contribution in [2.24, 2.45) is 0 Å². The first kappa shape index (κ1) is 13.1. The molecule has 0 spiro atoms. The first-order chi connectivity index (χ1) is 8.97. The number of nitrogen functional groups attached to an aromatic ring is 1. The van der Waals surface area contributed by atoms with E-state index >= 15 is 0 Å². The Morgan fingerprint density at radius 3 is 2.68 bits per heavy atom. The molecule has 0 unspecified atom stereocenters. The first-order valence-electron chi connectivity index (χ1n) is 6.00. The highest BCUT2D eigenvalue weighted by Crippen LogP contribution is 2.23. The molecule has 3 N–H and O–H groups in total. The molecule has 6 heteroatoms. The van der Waals surface area contributed by atoms with E-state index in [1.165, 1.54) is 12.3 Å². The van der Waals surface area contributed by atoms with Gasteiger partial charge in [-0.25, -0.2) is 14.5 Å². The Morgan fingerprint density at radius 1 is 1.47 bits per heavy atom. The zero-order valence-corrected chi connectivity index (χ0v) is 11.1. The minimum Gasteiger partial charge on any atom is -0.478 e. The molecule has 6 nitrogen and oxygen atoms in total. The van der Waals surface area contributed by atoms with Crippen LogP contribution in [-0.2, 0) is 6.42 Å². The van der Waals surface area contributed by atoms with Gasteiger partial charge in [0.2, 0.25) is 0 Å². The number of aryl methyl sites for hydroxylation is 1. The van der Waals surface area contributed by atoms with Gasteiger partial charge in [0.15, 0.2) is 5.82 Å². The van der Waals surface area contributed by atoms with E-state index in [0.717, 1.165) is 23.4 Å². The summed E-state index contributed by atoms with van der Waals surface area (Å²) in [4.78, 5) is 15.2. The molecule has 2 aromatic heterocycles. The van der Waals surface area contributed by atoms with Crippen molar-refractivity contribution in [1.82, 2.24) is 14.8 Å². The second-order valence-corrected chi connectivity index (χ2v) is 4.32. The Labute approximate surface area is 110 Å². The normalized spacial score (nSPS) is 10.7. The van der Waals surface area contributed by atoms with Crippen molar-refractivity contribution in [3.05, 3.63) is 34.8 Å². The average molecular weight is 260 g/mol. The minimum absolute atomic E-state index is 0.0376. The van der Waals surface area contributed by atoms with Crippen LogP contribution in [0.3, 0.4) is 0 Å². The van der Waals surface area contributed by atoms with E-state index in [4.69, 9.17) is 10.8 Å². The summed E-state index contributed by atoms with van der Waals surface area (Å²) in [6, 6.07) is 1.38. The van der Waals surface area contributed by atoms with Gasteiger partial charge in [-0.15, -0.1) is 0 Å². The fraction of sp³-hybridized carbons (Fsp3) is 0.308. The summed E-state index contributed by atoms with van der Waals surface area (Å²) in [6.07, 6.45) is 2.29. The lowest BCUT2D eigenvalue weighted by Crippen LogP contribution is -2.11. The number of hydrogen-bond acceptors (Lipinski definition) is 4. The molecule has 2 aromatic rings. The standard InChI is InChI=1S/C13H16N4O2/c1-4-9-7(2)16-17(8(9)3)12-11(14)10(13(18)19)5-6-15-12/h5-6H,4,14H2,1-3H3,(H,18,19). The molecule has 2 rings (SSSR count). The quantitative estimate of drug-likeness (QED) is 0.876. The third kappa shape index (κ3) is 2.05. The Kier molecular flexibility index (Phi) is 3.25. The zero-order chi connectivity index (χ0) is 14.2. The van der Waals surface area contributed by atoms with E-state index < -0.39 is 5.97 Å². The van der Waals surface area contributed by atoms with Crippen LogP contribution in [0.2, 0.25) is 0 Å². The van der Waals surface area contributed by atoms with Crippen LogP contribution in [0.15, 0.2) is 12.3 Å². The summed E-state index contributed by atoms with van der Waals surface area (Å²) < 4.78 is 1.61. The van der Waals surface area contributed by atoms with Gasteiger partial charge >= 0.3 is 5.97 Å². The number of nitrogens with two attached hydrogens (primary N) is 1. The third-order valence-corrected chi connectivity index (χ3v) is 3.19. The van der Waals surface area contributed by atoms with Crippen LogP contribution in [-0.4, -0.2) is 25.8 Å². The number of carbonyl (C=O) groups is 1. The molecule has 0 aliphatic heterocycles. The van der Waals surface area contributed by atoms with Gasteiger partial charge < -0.3 is 10.8 Å². The topological polar surface area (TPSA) is 94.0 Å². The summed E-state index contributed by atoms with van der Waals surface area (Å²) in [5.41, 5.74) is 9.01. The van der Waals surface area contributed by atoms with Crippen LogP contribution in [0.5, 0.6) is 0 Å². The van der Waals surface area contributed by atoms with E-state index in [9.17, 15) is 4.79 Å². The number of anilines is 1. The van der Waals surface area contributed by atoms with Crippen LogP contribution in [0.4, 0.5) is 5.69 Å². The molecular formula is C13H16N4O2. The van der Waals surface area contributed by atoms with Gasteiger partial charge in [0, 0.05) is 11.9 Å². The maximum Gasteiger partial charge on any atom is 0.337 e. The van der Waals surface area contributed by atoms with Crippen molar-refractivity contribution in [3.8, 4) is 5.82 Å². The predicted octanol–water partition coefficient (Wildman–Crippen LogP) is 1.73. The van der Waals surface area contributed by atoms with E-state index in [1.54, 1.807) is 4.68 Å². The van der Waals surface area contributed by atoms with Gasteiger partial charge in [-0.2, -0.15) is 5.10 Å². The maximum atomic E-state index is 11.1. The first-order valence-corrected chi connectivity index (χ1v) is 6.00. The Hall–Kier alpha value is -2.37. The lowest BCUT2D eigenvalue weighted by Gasteiger charge is -2.09. The number of pyridine rings is 1. The molecule has 0 fully saturated rings. The number of rotatable bonds is 3. The number of hydrogen-bond donors (Lipinski definition) is 2. The van der Waals surface area contributed by atoms with Crippen molar-refractivity contribution < 1.29 is 9.90 Å². The molecule has 0 bridgehead atoms.